The predicted molar refractivity (Wildman–Crippen MR) is 326 cm³/mol. The van der Waals surface area contributed by atoms with Crippen molar-refractivity contribution in [3.63, 3.8) is 0 Å². The van der Waals surface area contributed by atoms with Gasteiger partial charge in [-0.05, 0) is 88.9 Å². The second-order valence-electron chi connectivity index (χ2n) is 29.8. The highest BCUT2D eigenvalue weighted by Crippen LogP contribution is 2.77. The van der Waals surface area contributed by atoms with Gasteiger partial charge in [0.05, 0.1) is 55.6 Å². The van der Waals surface area contributed by atoms with E-state index in [0.29, 0.717) is 38.5 Å². The minimum Gasteiger partial charge on any atom is -0.462 e. The van der Waals surface area contributed by atoms with Gasteiger partial charge in [0.2, 0.25) is 0 Å². The van der Waals surface area contributed by atoms with Gasteiger partial charge in [-0.3, -0.25) is 18.7 Å². The van der Waals surface area contributed by atoms with Gasteiger partial charge < -0.3 is 123 Å². The number of hydrogen-bond acceptors (Lipinski definition) is 33. The quantitative estimate of drug-likeness (QED) is 0.0285. The Balaban J connectivity index is 0.926. The van der Waals surface area contributed by atoms with Crippen LogP contribution in [0.4, 0.5) is 0 Å². The summed E-state index contributed by atoms with van der Waals surface area (Å²) in [6.07, 6.45) is -39.5. The van der Waals surface area contributed by atoms with Gasteiger partial charge in [-0.2, -0.15) is 16.8 Å². The molecule has 6 heterocycles. The first kappa shape index (κ1) is 78.8. The fraction of sp³-hybridized carbons (Fsp3) is 0.903. The van der Waals surface area contributed by atoms with Gasteiger partial charge in [-0.15, -0.1) is 0 Å². The zero-order valence-electron chi connectivity index (χ0n) is 56.4. The molecule has 6 aliphatic heterocycles. The number of methoxy groups -OCH3 is 1. The third-order valence-electron chi connectivity index (χ3n) is 22.7. The van der Waals surface area contributed by atoms with Crippen LogP contribution in [0, 0.1) is 39.4 Å². The number of fused-ring (bicyclic) bond motifs is 4. The summed E-state index contributed by atoms with van der Waals surface area (Å²) in [5.74, 6) is -1.67. The summed E-state index contributed by atoms with van der Waals surface area (Å²) < 4.78 is 155. The van der Waals surface area contributed by atoms with Crippen LogP contribution >= 0.6 is 0 Å². The lowest BCUT2D eigenvalue weighted by atomic mass is 9.41. The van der Waals surface area contributed by atoms with E-state index in [9.17, 15) is 96.8 Å². The fourth-order valence-electron chi connectivity index (χ4n) is 18.0. The van der Waals surface area contributed by atoms with Crippen LogP contribution in [0.1, 0.15) is 107 Å². The molecule has 1 spiro atoms. The van der Waals surface area contributed by atoms with Gasteiger partial charge in [-0.25, -0.2) is 8.37 Å². The predicted octanol–water partition coefficient (Wildman–Crippen LogP) is -3.40. The average Bonchev–Trinajstić information content (AvgIpc) is 1.51. The normalized spacial score (nSPS) is 48.7. The summed E-state index contributed by atoms with van der Waals surface area (Å²) in [6.45, 7) is 12.2. The molecule has 0 unspecified atom stereocenters. The molecule has 0 amide bonds. The van der Waals surface area contributed by atoms with Crippen LogP contribution in [0.2, 0.25) is 0 Å². The van der Waals surface area contributed by atoms with Gasteiger partial charge in [0.25, 0.3) is 0 Å². The molecule has 9 fully saturated rings. The minimum atomic E-state index is -5.35. The first-order valence-corrected chi connectivity index (χ1v) is 35.9. The molecule has 0 aromatic heterocycles. The summed E-state index contributed by atoms with van der Waals surface area (Å²) in [7, 11) is -9.42. The monoisotopic (exact) mass is 1470 g/mol. The number of esters is 2. The molecule has 0 bridgehead atoms. The molecule has 3 saturated carbocycles. The van der Waals surface area contributed by atoms with Crippen LogP contribution < -0.4 is 0 Å². The van der Waals surface area contributed by atoms with Gasteiger partial charge in [0, 0.05) is 25.9 Å². The van der Waals surface area contributed by atoms with Crippen molar-refractivity contribution in [2.45, 2.75) is 278 Å². The molecule has 14 N–H and O–H groups in total. The number of rotatable bonds is 22. The molecular weight excluding hydrogens is 1370 g/mol. The van der Waals surface area contributed by atoms with E-state index in [1.165, 1.54) is 13.8 Å². The topological polar surface area (TPSA) is 524 Å². The Morgan fingerprint density at radius 2 is 1.24 bits per heavy atom. The Hall–Kier alpha value is -2.76. The zero-order chi connectivity index (χ0) is 73.0. The van der Waals surface area contributed by atoms with Crippen molar-refractivity contribution in [3.8, 4) is 0 Å². The molecule has 0 aromatic rings. The van der Waals surface area contributed by atoms with E-state index in [4.69, 9.17) is 65.8 Å². The van der Waals surface area contributed by atoms with Crippen molar-refractivity contribution >= 4 is 32.7 Å². The highest BCUT2D eigenvalue weighted by molar-refractivity contribution is 7.81. The lowest BCUT2D eigenvalue weighted by Gasteiger charge is -2.64. The number of carbonyl (C=O) groups is 2. The van der Waals surface area contributed by atoms with Crippen molar-refractivity contribution < 1.29 is 167 Å². The summed E-state index contributed by atoms with van der Waals surface area (Å²) in [5, 5.41) is 134. The van der Waals surface area contributed by atoms with Crippen molar-refractivity contribution in [3.05, 3.63) is 23.8 Å². The summed E-state index contributed by atoms with van der Waals surface area (Å²) in [6, 6.07) is 0. The second-order valence-corrected chi connectivity index (χ2v) is 32.0. The van der Waals surface area contributed by atoms with E-state index in [2.05, 4.69) is 24.1 Å². The van der Waals surface area contributed by atoms with Crippen molar-refractivity contribution in [1.82, 2.24) is 0 Å². The Bertz CT molecular complexity index is 3150. The van der Waals surface area contributed by atoms with E-state index >= 15 is 0 Å². The lowest BCUT2D eigenvalue weighted by molar-refractivity contribution is -0.406. The third-order valence-corrected chi connectivity index (χ3v) is 23.7. The highest BCUT2D eigenvalue weighted by atomic mass is 32.3. The van der Waals surface area contributed by atoms with Gasteiger partial charge in [-0.1, -0.05) is 51.5 Å². The number of aliphatic hydroxyl groups is 12. The molecule has 37 heteroatoms. The molecule has 99 heavy (non-hydrogen) atoms. The molecule has 0 aromatic carbocycles. The maximum atomic E-state index is 14.8. The fourth-order valence-corrected chi connectivity index (χ4v) is 18.8. The van der Waals surface area contributed by atoms with Crippen LogP contribution in [0.3, 0.4) is 0 Å². The van der Waals surface area contributed by atoms with Crippen molar-refractivity contribution in [2.24, 2.45) is 39.4 Å². The van der Waals surface area contributed by atoms with Gasteiger partial charge in [0.1, 0.15) is 122 Å². The molecule has 6 saturated heterocycles. The molecule has 33 atom stereocenters. The summed E-state index contributed by atoms with van der Waals surface area (Å²) in [4.78, 5) is 27.7. The number of allylic oxidation sites excluding steroid dienone is 2. The molecule has 10 aliphatic rings. The SMILES string of the molecule is CO[C@@H]1[C@@H](O)[C@H](O[C@@H]2[C@@H](O)[C@H](O[C@H]3[C@H](O)[C@@H](O[C@@H]4O[C@H](CO)[C@@H](O)[C@H](O)[C@H]4O)[C@H](O[C@H]4[C@H](O[C@H]5CC[C@]6(C)[C@@H]7CC[C@]89C(=O)O[C@@](C)(C/C=C/C(C)(C)O)[C@H]8[C@@H](OC(C)=O)C[C@@]9(C)C7=CC[C@H]6C5(C)C)OC[C@@H](OS(=O)(=O)O)[C@@H]4O)O[C@@H]3C)O[C@H](CO)[C@H]2O)O[C@H](COS(=O)(=O)O)[C@H]1O. The Labute approximate surface area is 572 Å². The van der Waals surface area contributed by atoms with Crippen molar-refractivity contribution in [2.75, 3.05) is 33.5 Å². The Kier molecular flexibility index (Phi) is 23.2. The lowest BCUT2D eigenvalue weighted by Crippen LogP contribution is -2.68. The number of carbonyl (C=O) groups excluding carboxylic acids is 2. The second kappa shape index (κ2) is 29.2. The number of aliphatic hydroxyl groups excluding tert-OH is 11. The standard InChI is InChI=1S/C62H98O35S2/c1-25-45(92-53-44(74)47(37(67)31(22-64)89-53)93-52-43(73)46(83-10)38(68)32(90-52)24-85-98(77,78)79)42(72)49(94-51-41(71)40(70)36(66)30(21-63)88-51)55(86-25)95-48-39(69)33(97-99(80,81)82)23-84-54(48)91-35-15-18-59(7)27-14-19-62-50(61(9,96-56(62)75)17-11-16-57(3,4)76)29(87-26(2)65)20-60(62,8)28(27)12-13-34(59)58(35,5)6/h11-12,16,25,27,29-55,63-64,66-74,76H,13-15,17-24H2,1-10H3,(H,77,78,79)(H,80,81,82)/b16-11+/t25-,27-,29+,30-,31-,32-,33-,34+,35+,36-,37-,38-,39+,40+,41-,42+,43-,44-,45-,46+,47+,48-,49-,50-,51+,52+,53+,54+,55+,59-,60+,61+,62-/m1/s1. The smallest absolute Gasteiger partial charge is 0.397 e. The highest BCUT2D eigenvalue weighted by Gasteiger charge is 2.79. The van der Waals surface area contributed by atoms with Crippen LogP contribution in [-0.4, -0.2) is 304 Å². The van der Waals surface area contributed by atoms with Crippen LogP contribution in [0.15, 0.2) is 23.8 Å². The number of cyclic esters (lactones) is 1. The van der Waals surface area contributed by atoms with Crippen LogP contribution in [0.25, 0.3) is 0 Å². The molecule has 4 aliphatic carbocycles. The van der Waals surface area contributed by atoms with E-state index in [0.717, 1.165) is 12.7 Å². The van der Waals surface area contributed by atoms with E-state index < -0.39 is 252 Å². The van der Waals surface area contributed by atoms with E-state index in [1.807, 2.05) is 20.8 Å². The zero-order valence-corrected chi connectivity index (χ0v) is 58.0. The summed E-state index contributed by atoms with van der Waals surface area (Å²) in [5.41, 5.74) is -4.32. The van der Waals surface area contributed by atoms with E-state index in [-0.39, 0.29) is 24.2 Å². The van der Waals surface area contributed by atoms with Gasteiger partial charge >= 0.3 is 32.7 Å². The molecule has 10 rings (SSSR count). The van der Waals surface area contributed by atoms with Crippen molar-refractivity contribution in [1.29, 1.82) is 0 Å². The van der Waals surface area contributed by atoms with Crippen LogP contribution in [-0.2, 0) is 100 Å². The van der Waals surface area contributed by atoms with Crippen LogP contribution in [0.5, 0.6) is 0 Å². The Morgan fingerprint density at radius 3 is 1.85 bits per heavy atom. The van der Waals surface area contributed by atoms with Gasteiger partial charge in [0.15, 0.2) is 31.5 Å². The Morgan fingerprint density at radius 1 is 0.667 bits per heavy atom. The average molecular weight is 1470 g/mol. The molecular formula is C62H98O35S2. The molecule has 0 radical (unpaired) electrons. The number of ether oxygens (including phenoxy) is 13. The maximum absolute atomic E-state index is 14.8. The first-order chi connectivity index (χ1) is 46.0. The minimum absolute atomic E-state index is 0.0968. The molecule has 35 nitrogen and oxygen atoms in total. The maximum Gasteiger partial charge on any atom is 0.397 e. The first-order valence-electron chi connectivity index (χ1n) is 33.2. The summed E-state index contributed by atoms with van der Waals surface area (Å²) >= 11 is 0. The third kappa shape index (κ3) is 15.0. The molecule has 568 valence electrons. The largest absolute Gasteiger partial charge is 0.462 e. The van der Waals surface area contributed by atoms with E-state index in [1.54, 1.807) is 26.0 Å². The number of hydrogen-bond donors (Lipinski definition) is 14.